The Morgan fingerprint density at radius 2 is 1.96 bits per heavy atom. The van der Waals surface area contributed by atoms with Crippen molar-refractivity contribution >= 4 is 5.91 Å². The van der Waals surface area contributed by atoms with Crippen LogP contribution in [-0.2, 0) is 22.6 Å². The van der Waals surface area contributed by atoms with Gasteiger partial charge in [-0.3, -0.25) is 4.79 Å². The number of aromatic nitrogens is 2. The van der Waals surface area contributed by atoms with Crippen LogP contribution in [0, 0.1) is 0 Å². The molecule has 26 heavy (non-hydrogen) atoms. The molecule has 1 saturated heterocycles. The SMILES string of the molecule is COc1nccnc1OC1CCN(C(=O)C2Cc3ccccc3CO2)C1. The summed E-state index contributed by atoms with van der Waals surface area (Å²) < 4.78 is 16.8. The molecule has 4 rings (SSSR count). The maximum absolute atomic E-state index is 12.8. The molecule has 1 aromatic carbocycles. The van der Waals surface area contributed by atoms with Crippen LogP contribution in [0.3, 0.4) is 0 Å². The first kappa shape index (κ1) is 16.8. The lowest BCUT2D eigenvalue weighted by Gasteiger charge is -2.28. The summed E-state index contributed by atoms with van der Waals surface area (Å²) in [5.41, 5.74) is 2.35. The number of carbonyl (C=O) groups is 1. The van der Waals surface area contributed by atoms with Gasteiger partial charge in [0.2, 0.25) is 0 Å². The first-order valence-corrected chi connectivity index (χ1v) is 8.73. The number of carbonyl (C=O) groups excluding carboxylic acids is 1. The van der Waals surface area contributed by atoms with Crippen LogP contribution >= 0.6 is 0 Å². The van der Waals surface area contributed by atoms with E-state index >= 15 is 0 Å². The van der Waals surface area contributed by atoms with Gasteiger partial charge in [-0.2, -0.15) is 0 Å². The van der Waals surface area contributed by atoms with Gasteiger partial charge in [-0.05, 0) is 11.1 Å². The maximum Gasteiger partial charge on any atom is 0.278 e. The Kier molecular flexibility index (Phi) is 4.71. The van der Waals surface area contributed by atoms with Gasteiger partial charge in [0.1, 0.15) is 12.2 Å². The third-order valence-electron chi connectivity index (χ3n) is 4.80. The highest BCUT2D eigenvalue weighted by Crippen LogP contribution is 2.26. The molecule has 136 valence electrons. The van der Waals surface area contributed by atoms with Crippen LogP contribution in [-0.4, -0.2) is 53.2 Å². The molecule has 2 unspecified atom stereocenters. The lowest BCUT2D eigenvalue weighted by molar-refractivity contribution is -0.144. The van der Waals surface area contributed by atoms with Gasteiger partial charge in [0.05, 0.1) is 20.3 Å². The van der Waals surface area contributed by atoms with Crippen molar-refractivity contribution in [2.45, 2.75) is 31.7 Å². The first-order chi connectivity index (χ1) is 12.7. The normalized spacial score (nSPS) is 22.0. The Bertz CT molecular complexity index is 798. The highest BCUT2D eigenvalue weighted by atomic mass is 16.5. The van der Waals surface area contributed by atoms with Crippen molar-refractivity contribution in [2.24, 2.45) is 0 Å². The molecule has 2 aliphatic heterocycles. The van der Waals surface area contributed by atoms with Gasteiger partial charge in [-0.15, -0.1) is 0 Å². The molecular formula is C19H21N3O4. The van der Waals surface area contributed by atoms with Crippen LogP contribution in [0.5, 0.6) is 11.8 Å². The fourth-order valence-electron chi connectivity index (χ4n) is 3.42. The molecule has 7 heteroatoms. The van der Waals surface area contributed by atoms with Crippen LogP contribution in [0.15, 0.2) is 36.7 Å². The van der Waals surface area contributed by atoms with Gasteiger partial charge in [0.25, 0.3) is 17.7 Å². The predicted octanol–water partition coefficient (Wildman–Crippen LogP) is 1.61. The molecule has 0 saturated carbocycles. The van der Waals surface area contributed by atoms with E-state index in [0.717, 1.165) is 12.0 Å². The van der Waals surface area contributed by atoms with E-state index in [9.17, 15) is 4.79 Å². The minimum atomic E-state index is -0.422. The lowest BCUT2D eigenvalue weighted by atomic mass is 9.98. The number of ether oxygens (including phenoxy) is 3. The van der Waals surface area contributed by atoms with Gasteiger partial charge in [0, 0.05) is 31.8 Å². The number of methoxy groups -OCH3 is 1. The summed E-state index contributed by atoms with van der Waals surface area (Å²) in [6.45, 7) is 1.64. The molecule has 0 bridgehead atoms. The van der Waals surface area contributed by atoms with Crippen molar-refractivity contribution in [1.29, 1.82) is 0 Å². The quantitative estimate of drug-likeness (QED) is 0.830. The number of fused-ring (bicyclic) bond motifs is 1. The lowest BCUT2D eigenvalue weighted by Crippen LogP contribution is -2.42. The van der Waals surface area contributed by atoms with E-state index in [-0.39, 0.29) is 12.0 Å². The Labute approximate surface area is 151 Å². The number of hydrogen-bond acceptors (Lipinski definition) is 6. The standard InChI is InChI=1S/C19H21N3O4/c1-24-17-18(21-8-7-20-17)26-15-6-9-22(11-15)19(23)16-10-13-4-2-3-5-14(13)12-25-16/h2-5,7-8,15-16H,6,9-12H2,1H3. The smallest absolute Gasteiger partial charge is 0.278 e. The van der Waals surface area contributed by atoms with Crippen molar-refractivity contribution in [3.63, 3.8) is 0 Å². The van der Waals surface area contributed by atoms with Crippen LogP contribution in [0.1, 0.15) is 17.5 Å². The van der Waals surface area contributed by atoms with Gasteiger partial charge in [-0.1, -0.05) is 24.3 Å². The molecular weight excluding hydrogens is 334 g/mol. The summed E-state index contributed by atoms with van der Waals surface area (Å²) in [6.07, 6.45) is 3.93. The number of benzene rings is 1. The zero-order chi connectivity index (χ0) is 17.9. The summed E-state index contributed by atoms with van der Waals surface area (Å²) in [5.74, 6) is 0.735. The van der Waals surface area contributed by atoms with Gasteiger partial charge < -0.3 is 19.1 Å². The molecule has 1 aromatic heterocycles. The summed E-state index contributed by atoms with van der Waals surface area (Å²) in [4.78, 5) is 22.9. The highest BCUT2D eigenvalue weighted by Gasteiger charge is 2.34. The summed E-state index contributed by atoms with van der Waals surface area (Å²) in [5, 5.41) is 0. The monoisotopic (exact) mass is 355 g/mol. The zero-order valence-corrected chi connectivity index (χ0v) is 14.6. The number of nitrogens with zero attached hydrogens (tertiary/aromatic N) is 3. The van der Waals surface area contributed by atoms with E-state index in [1.54, 1.807) is 12.4 Å². The van der Waals surface area contributed by atoms with Crippen LogP contribution in [0.25, 0.3) is 0 Å². The van der Waals surface area contributed by atoms with E-state index in [4.69, 9.17) is 14.2 Å². The molecule has 2 aliphatic rings. The Morgan fingerprint density at radius 3 is 2.77 bits per heavy atom. The van der Waals surface area contributed by atoms with Crippen LogP contribution in [0.4, 0.5) is 0 Å². The van der Waals surface area contributed by atoms with E-state index in [1.807, 2.05) is 23.1 Å². The van der Waals surface area contributed by atoms with E-state index in [2.05, 4.69) is 16.0 Å². The van der Waals surface area contributed by atoms with E-state index < -0.39 is 6.10 Å². The highest BCUT2D eigenvalue weighted by molar-refractivity contribution is 5.82. The summed E-state index contributed by atoms with van der Waals surface area (Å²) >= 11 is 0. The third kappa shape index (κ3) is 3.35. The molecule has 2 atom stereocenters. The molecule has 1 amide bonds. The number of likely N-dealkylation sites (tertiary alicyclic amines) is 1. The fourth-order valence-corrected chi connectivity index (χ4v) is 3.42. The molecule has 0 N–H and O–H groups in total. The summed E-state index contributed by atoms with van der Waals surface area (Å²) in [7, 11) is 1.53. The van der Waals surface area contributed by atoms with Crippen molar-refractivity contribution in [2.75, 3.05) is 20.2 Å². The fraction of sp³-hybridized carbons (Fsp3) is 0.421. The maximum atomic E-state index is 12.8. The molecule has 7 nitrogen and oxygen atoms in total. The number of amides is 1. The number of hydrogen-bond donors (Lipinski definition) is 0. The van der Waals surface area contributed by atoms with Gasteiger partial charge in [0.15, 0.2) is 0 Å². The van der Waals surface area contributed by atoms with Gasteiger partial charge >= 0.3 is 0 Å². The molecule has 0 spiro atoms. The third-order valence-corrected chi connectivity index (χ3v) is 4.80. The second-order valence-electron chi connectivity index (χ2n) is 6.46. The minimum Gasteiger partial charge on any atom is -0.477 e. The van der Waals surface area contributed by atoms with Crippen molar-refractivity contribution < 1.29 is 19.0 Å². The Morgan fingerprint density at radius 1 is 1.19 bits per heavy atom. The van der Waals surface area contributed by atoms with Crippen LogP contribution < -0.4 is 9.47 Å². The van der Waals surface area contributed by atoms with E-state index in [1.165, 1.54) is 12.7 Å². The molecule has 0 aliphatic carbocycles. The van der Waals surface area contributed by atoms with Crippen molar-refractivity contribution in [3.8, 4) is 11.8 Å². The van der Waals surface area contributed by atoms with E-state index in [0.29, 0.717) is 37.9 Å². The summed E-state index contributed by atoms with van der Waals surface area (Å²) in [6, 6.07) is 8.10. The predicted molar refractivity (Wildman–Crippen MR) is 92.9 cm³/mol. The molecule has 1 fully saturated rings. The van der Waals surface area contributed by atoms with Crippen molar-refractivity contribution in [1.82, 2.24) is 14.9 Å². The average molecular weight is 355 g/mol. The molecule has 0 radical (unpaired) electrons. The largest absolute Gasteiger partial charge is 0.477 e. The minimum absolute atomic E-state index is 0.0247. The Hall–Kier alpha value is -2.67. The van der Waals surface area contributed by atoms with Gasteiger partial charge in [-0.25, -0.2) is 9.97 Å². The molecule has 3 heterocycles. The second-order valence-corrected chi connectivity index (χ2v) is 6.46. The average Bonchev–Trinajstić information content (AvgIpc) is 3.16. The van der Waals surface area contributed by atoms with Crippen LogP contribution in [0.2, 0.25) is 0 Å². The van der Waals surface area contributed by atoms with Crippen molar-refractivity contribution in [3.05, 3.63) is 47.8 Å². The topological polar surface area (TPSA) is 73.8 Å². The zero-order valence-electron chi connectivity index (χ0n) is 14.6. The first-order valence-electron chi connectivity index (χ1n) is 8.73. The number of rotatable bonds is 4. The second kappa shape index (κ2) is 7.29. The Balaban J connectivity index is 1.37. The molecule has 2 aromatic rings.